The van der Waals surface area contributed by atoms with Crippen LogP contribution < -0.4 is 5.32 Å². The molecule has 0 aliphatic carbocycles. The highest BCUT2D eigenvalue weighted by Crippen LogP contribution is 2.25. The summed E-state index contributed by atoms with van der Waals surface area (Å²) < 4.78 is 13.8. The van der Waals surface area contributed by atoms with E-state index >= 15 is 0 Å². The van der Waals surface area contributed by atoms with Crippen LogP contribution in [0.15, 0.2) is 24.3 Å². The summed E-state index contributed by atoms with van der Waals surface area (Å²) in [5.41, 5.74) is 0.570. The van der Waals surface area contributed by atoms with Crippen LogP contribution in [0.2, 0.25) is 0 Å². The average Bonchev–Trinajstić information content (AvgIpc) is 2.46. The predicted molar refractivity (Wildman–Crippen MR) is 77.8 cm³/mol. The smallest absolute Gasteiger partial charge is 0.227 e. The lowest BCUT2D eigenvalue weighted by Gasteiger charge is -2.33. The van der Waals surface area contributed by atoms with Gasteiger partial charge in [-0.2, -0.15) is 0 Å². The Labute approximate surface area is 120 Å². The van der Waals surface area contributed by atoms with Crippen molar-refractivity contribution >= 4 is 5.91 Å². The Morgan fingerprint density at radius 2 is 2.10 bits per heavy atom. The summed E-state index contributed by atoms with van der Waals surface area (Å²) in [6.45, 7) is 4.72. The number of hydrogen-bond donors (Lipinski definition) is 1. The fourth-order valence-electron chi connectivity index (χ4n) is 2.71. The number of rotatable bonds is 3. The Bertz CT molecular complexity index is 469. The molecule has 0 bridgehead atoms. The van der Waals surface area contributed by atoms with E-state index in [9.17, 15) is 9.18 Å². The van der Waals surface area contributed by atoms with Crippen LogP contribution in [-0.2, 0) is 4.79 Å². The number of piperidine rings is 1. The first-order chi connectivity index (χ1) is 9.50. The first kappa shape index (κ1) is 15.0. The van der Waals surface area contributed by atoms with E-state index in [1.165, 1.54) is 6.07 Å². The summed E-state index contributed by atoms with van der Waals surface area (Å²) in [5.74, 6) is -0.152. The molecule has 1 amide bonds. The van der Waals surface area contributed by atoms with Crippen LogP contribution in [0.4, 0.5) is 4.39 Å². The van der Waals surface area contributed by atoms with E-state index < -0.39 is 0 Å². The van der Waals surface area contributed by atoms with Crippen molar-refractivity contribution in [3.05, 3.63) is 35.6 Å². The van der Waals surface area contributed by atoms with Gasteiger partial charge in [0.05, 0.1) is 12.0 Å². The third-order valence-electron chi connectivity index (χ3n) is 4.29. The molecule has 1 aromatic carbocycles. The largest absolute Gasteiger partial charge is 0.339 e. The zero-order chi connectivity index (χ0) is 14.7. The highest BCUT2D eigenvalue weighted by molar-refractivity contribution is 5.79. The number of nitrogens with zero attached hydrogens (tertiary/aromatic N) is 1. The maximum Gasteiger partial charge on any atom is 0.227 e. The van der Waals surface area contributed by atoms with Crippen LogP contribution in [0.3, 0.4) is 0 Å². The lowest BCUT2D eigenvalue weighted by Crippen LogP contribution is -2.45. The second-order valence-corrected chi connectivity index (χ2v) is 5.73. The number of nitrogens with one attached hydrogen (secondary N) is 1. The summed E-state index contributed by atoms with van der Waals surface area (Å²) in [6.07, 6.45) is 1.92. The minimum absolute atomic E-state index is 0.00502. The predicted octanol–water partition coefficient (Wildman–Crippen LogP) is 2.73. The number of carbonyl (C=O) groups excluding carboxylic acids is 1. The summed E-state index contributed by atoms with van der Waals surface area (Å²) in [5, 5.41) is 3.34. The van der Waals surface area contributed by atoms with Crippen molar-refractivity contribution in [3.63, 3.8) is 0 Å². The number of amides is 1. The van der Waals surface area contributed by atoms with Crippen LogP contribution in [-0.4, -0.2) is 30.4 Å². The summed E-state index contributed by atoms with van der Waals surface area (Å²) in [7, 11) is 1.76. The molecular weight excluding hydrogens is 255 g/mol. The number of halogens is 1. The molecule has 0 spiro atoms. The first-order valence-corrected chi connectivity index (χ1v) is 7.25. The lowest BCUT2D eigenvalue weighted by atomic mass is 9.93. The molecule has 1 aliphatic heterocycles. The SMILES string of the molecule is CC1CCC(C(=O)N(C)C(C)c2ccccc2F)CN1. The molecule has 1 saturated heterocycles. The first-order valence-electron chi connectivity index (χ1n) is 7.25. The fourth-order valence-corrected chi connectivity index (χ4v) is 2.71. The number of benzene rings is 1. The highest BCUT2D eigenvalue weighted by Gasteiger charge is 2.29. The van der Waals surface area contributed by atoms with Gasteiger partial charge in [-0.25, -0.2) is 4.39 Å². The summed E-state index contributed by atoms with van der Waals surface area (Å²) in [4.78, 5) is 14.2. The molecule has 1 fully saturated rings. The van der Waals surface area contributed by atoms with Crippen LogP contribution in [0.25, 0.3) is 0 Å². The normalized spacial score (nSPS) is 24.2. The van der Waals surface area contributed by atoms with Gasteiger partial charge in [-0.3, -0.25) is 4.79 Å². The molecule has 4 heteroatoms. The van der Waals surface area contributed by atoms with E-state index in [-0.39, 0.29) is 23.7 Å². The summed E-state index contributed by atoms with van der Waals surface area (Å²) >= 11 is 0. The molecule has 1 N–H and O–H groups in total. The summed E-state index contributed by atoms with van der Waals surface area (Å²) in [6, 6.07) is 6.88. The third-order valence-corrected chi connectivity index (χ3v) is 4.29. The zero-order valence-corrected chi connectivity index (χ0v) is 12.4. The Morgan fingerprint density at radius 3 is 2.70 bits per heavy atom. The van der Waals surface area contributed by atoms with Gasteiger partial charge in [0.1, 0.15) is 5.82 Å². The van der Waals surface area contributed by atoms with E-state index in [0.717, 1.165) is 12.8 Å². The van der Waals surface area contributed by atoms with Gasteiger partial charge in [0.25, 0.3) is 0 Å². The van der Waals surface area contributed by atoms with Crippen molar-refractivity contribution in [1.82, 2.24) is 10.2 Å². The van der Waals surface area contributed by atoms with Gasteiger partial charge in [0, 0.05) is 25.2 Å². The lowest BCUT2D eigenvalue weighted by molar-refractivity contribution is -0.136. The quantitative estimate of drug-likeness (QED) is 0.922. The second-order valence-electron chi connectivity index (χ2n) is 5.73. The average molecular weight is 278 g/mol. The maximum absolute atomic E-state index is 13.8. The van der Waals surface area contributed by atoms with E-state index in [1.807, 2.05) is 6.92 Å². The van der Waals surface area contributed by atoms with Crippen molar-refractivity contribution in [3.8, 4) is 0 Å². The van der Waals surface area contributed by atoms with Gasteiger partial charge in [0.2, 0.25) is 5.91 Å². The van der Waals surface area contributed by atoms with Crippen LogP contribution in [0, 0.1) is 11.7 Å². The Morgan fingerprint density at radius 1 is 1.40 bits per heavy atom. The molecule has 1 heterocycles. The molecule has 3 unspecified atom stereocenters. The molecular formula is C16H23FN2O. The highest BCUT2D eigenvalue weighted by atomic mass is 19.1. The minimum Gasteiger partial charge on any atom is -0.339 e. The van der Waals surface area contributed by atoms with Crippen molar-refractivity contribution in [2.24, 2.45) is 5.92 Å². The molecule has 110 valence electrons. The molecule has 20 heavy (non-hydrogen) atoms. The number of carbonyl (C=O) groups is 1. The van der Waals surface area contributed by atoms with Crippen LogP contribution >= 0.6 is 0 Å². The molecule has 0 aromatic heterocycles. The fraction of sp³-hybridized carbons (Fsp3) is 0.562. The molecule has 3 atom stereocenters. The molecule has 3 nitrogen and oxygen atoms in total. The number of hydrogen-bond acceptors (Lipinski definition) is 2. The van der Waals surface area contributed by atoms with Gasteiger partial charge in [0.15, 0.2) is 0 Å². The Balaban J connectivity index is 2.05. The molecule has 1 aliphatic rings. The Kier molecular flexibility index (Phi) is 4.76. The molecule has 1 aromatic rings. The van der Waals surface area contributed by atoms with Crippen molar-refractivity contribution in [2.75, 3.05) is 13.6 Å². The van der Waals surface area contributed by atoms with Crippen molar-refractivity contribution < 1.29 is 9.18 Å². The van der Waals surface area contributed by atoms with E-state index in [4.69, 9.17) is 0 Å². The minimum atomic E-state index is -0.255. The van der Waals surface area contributed by atoms with Gasteiger partial charge in [-0.05, 0) is 32.8 Å². The Hall–Kier alpha value is -1.42. The van der Waals surface area contributed by atoms with Crippen LogP contribution in [0.5, 0.6) is 0 Å². The van der Waals surface area contributed by atoms with Crippen molar-refractivity contribution in [1.29, 1.82) is 0 Å². The maximum atomic E-state index is 13.8. The standard InChI is InChI=1S/C16H23FN2O/c1-11-8-9-13(10-18-11)16(20)19(3)12(2)14-6-4-5-7-15(14)17/h4-7,11-13,18H,8-10H2,1-3H3. The van der Waals surface area contributed by atoms with Gasteiger partial charge in [-0.15, -0.1) is 0 Å². The third kappa shape index (κ3) is 3.18. The topological polar surface area (TPSA) is 32.3 Å². The van der Waals surface area contributed by atoms with Gasteiger partial charge < -0.3 is 10.2 Å². The zero-order valence-electron chi connectivity index (χ0n) is 12.4. The van der Waals surface area contributed by atoms with E-state index in [2.05, 4.69) is 12.2 Å². The molecule has 0 saturated carbocycles. The van der Waals surface area contributed by atoms with Crippen molar-refractivity contribution in [2.45, 2.75) is 38.8 Å². The molecule has 0 radical (unpaired) electrons. The van der Waals surface area contributed by atoms with Gasteiger partial charge >= 0.3 is 0 Å². The monoisotopic (exact) mass is 278 g/mol. The molecule has 2 rings (SSSR count). The van der Waals surface area contributed by atoms with Crippen LogP contribution in [0.1, 0.15) is 38.3 Å². The van der Waals surface area contributed by atoms with Gasteiger partial charge in [-0.1, -0.05) is 18.2 Å². The van der Waals surface area contributed by atoms with E-state index in [1.54, 1.807) is 30.1 Å². The van der Waals surface area contributed by atoms with E-state index in [0.29, 0.717) is 18.2 Å². The second kappa shape index (κ2) is 6.35.